The van der Waals surface area contributed by atoms with Gasteiger partial charge in [0.1, 0.15) is 11.4 Å². The number of amides is 1. The highest BCUT2D eigenvalue weighted by Gasteiger charge is 2.10. The van der Waals surface area contributed by atoms with E-state index < -0.39 is 11.9 Å². The fraction of sp³-hybridized carbons (Fsp3) is 0.214. The van der Waals surface area contributed by atoms with E-state index in [9.17, 15) is 9.59 Å². The summed E-state index contributed by atoms with van der Waals surface area (Å²) in [5.41, 5.74) is 1.02. The third-order valence-corrected chi connectivity index (χ3v) is 2.75. The van der Waals surface area contributed by atoms with E-state index in [1.54, 1.807) is 6.07 Å². The Hall–Kier alpha value is -2.83. The number of aromatic amines is 1. The second kappa shape index (κ2) is 6.56. The molecule has 1 amide bonds. The van der Waals surface area contributed by atoms with Crippen LogP contribution in [-0.4, -0.2) is 33.8 Å². The molecule has 0 atom stereocenters. The van der Waals surface area contributed by atoms with Crippen LogP contribution in [0.4, 0.5) is 5.82 Å². The summed E-state index contributed by atoms with van der Waals surface area (Å²) in [5, 5.41) is 17.1. The number of carbonyl (C=O) groups excluding carboxylic acids is 1. The van der Waals surface area contributed by atoms with E-state index in [4.69, 9.17) is 9.84 Å². The number of H-pyrrole nitrogens is 1. The van der Waals surface area contributed by atoms with Gasteiger partial charge in [-0.05, 0) is 24.1 Å². The number of carbonyl (C=O) groups is 2. The van der Waals surface area contributed by atoms with E-state index in [-0.39, 0.29) is 18.1 Å². The zero-order valence-corrected chi connectivity index (χ0v) is 11.4. The number of benzene rings is 1. The molecule has 0 radical (unpaired) electrons. The van der Waals surface area contributed by atoms with Crippen LogP contribution in [-0.2, 0) is 11.2 Å². The number of nitrogens with one attached hydrogen (secondary N) is 2. The van der Waals surface area contributed by atoms with E-state index >= 15 is 0 Å². The van der Waals surface area contributed by atoms with Crippen molar-refractivity contribution >= 4 is 17.7 Å². The molecule has 7 nitrogen and oxygen atoms in total. The molecule has 7 heteroatoms. The van der Waals surface area contributed by atoms with Gasteiger partial charge in [0.2, 0.25) is 0 Å². The molecule has 21 heavy (non-hydrogen) atoms. The fourth-order valence-corrected chi connectivity index (χ4v) is 1.68. The van der Waals surface area contributed by atoms with Gasteiger partial charge in [0.05, 0.1) is 0 Å². The zero-order chi connectivity index (χ0) is 15.2. The molecule has 2 aromatic rings. The molecule has 0 saturated heterocycles. The van der Waals surface area contributed by atoms with Crippen LogP contribution in [0.5, 0.6) is 5.75 Å². The Kier molecular flexibility index (Phi) is 4.55. The first-order valence-electron chi connectivity index (χ1n) is 6.38. The van der Waals surface area contributed by atoms with Crippen LogP contribution in [0.15, 0.2) is 30.3 Å². The van der Waals surface area contributed by atoms with Crippen molar-refractivity contribution in [3.63, 3.8) is 0 Å². The first-order valence-corrected chi connectivity index (χ1v) is 6.38. The molecule has 0 aliphatic heterocycles. The number of aromatic carboxylic acids is 1. The summed E-state index contributed by atoms with van der Waals surface area (Å²) in [6.45, 7) is 1.85. The molecule has 3 N–H and O–H groups in total. The zero-order valence-electron chi connectivity index (χ0n) is 11.4. The molecule has 0 spiro atoms. The summed E-state index contributed by atoms with van der Waals surface area (Å²) in [4.78, 5) is 22.3. The van der Waals surface area contributed by atoms with Crippen molar-refractivity contribution < 1.29 is 19.4 Å². The number of anilines is 1. The molecular formula is C14H15N3O4. The number of aromatic nitrogens is 2. The van der Waals surface area contributed by atoms with Crippen LogP contribution in [0.25, 0.3) is 0 Å². The molecule has 1 heterocycles. The van der Waals surface area contributed by atoms with Gasteiger partial charge in [-0.25, -0.2) is 4.79 Å². The maximum Gasteiger partial charge on any atom is 0.353 e. The van der Waals surface area contributed by atoms with Crippen molar-refractivity contribution in [2.75, 3.05) is 11.9 Å². The normalized spacial score (nSPS) is 10.1. The van der Waals surface area contributed by atoms with Crippen molar-refractivity contribution in [3.8, 4) is 5.75 Å². The third kappa shape index (κ3) is 4.07. The summed E-state index contributed by atoms with van der Waals surface area (Å²) in [5.74, 6) is -0.808. The fourth-order valence-electron chi connectivity index (χ4n) is 1.68. The van der Waals surface area contributed by atoms with Gasteiger partial charge in [-0.3, -0.25) is 9.89 Å². The summed E-state index contributed by atoms with van der Waals surface area (Å²) < 4.78 is 5.37. The van der Waals surface area contributed by atoms with Gasteiger partial charge in [-0.2, -0.15) is 5.10 Å². The van der Waals surface area contributed by atoms with E-state index in [0.29, 0.717) is 5.75 Å². The number of carboxylic acid groups (broad SMARTS) is 1. The van der Waals surface area contributed by atoms with Crippen molar-refractivity contribution in [2.45, 2.75) is 13.3 Å². The number of rotatable bonds is 6. The van der Waals surface area contributed by atoms with Gasteiger partial charge in [0, 0.05) is 6.07 Å². The largest absolute Gasteiger partial charge is 0.484 e. The Balaban J connectivity index is 1.87. The number of aryl methyl sites for hydroxylation is 1. The minimum Gasteiger partial charge on any atom is -0.484 e. The molecule has 1 aromatic carbocycles. The van der Waals surface area contributed by atoms with E-state index in [1.165, 1.54) is 6.07 Å². The van der Waals surface area contributed by atoms with Gasteiger partial charge >= 0.3 is 5.97 Å². The molecule has 0 bridgehead atoms. The highest BCUT2D eigenvalue weighted by atomic mass is 16.5. The van der Waals surface area contributed by atoms with Crippen LogP contribution >= 0.6 is 0 Å². The lowest BCUT2D eigenvalue weighted by Gasteiger charge is -2.07. The highest BCUT2D eigenvalue weighted by molar-refractivity contribution is 5.93. The maximum atomic E-state index is 11.7. The molecule has 1 aromatic heterocycles. The van der Waals surface area contributed by atoms with Crippen LogP contribution in [0, 0.1) is 0 Å². The first-order chi connectivity index (χ1) is 10.1. The topological polar surface area (TPSA) is 104 Å². The Morgan fingerprint density at radius 2 is 2.19 bits per heavy atom. The average molecular weight is 289 g/mol. The maximum absolute atomic E-state index is 11.7. The van der Waals surface area contributed by atoms with Gasteiger partial charge in [-0.15, -0.1) is 0 Å². The predicted molar refractivity (Wildman–Crippen MR) is 75.5 cm³/mol. The Morgan fingerprint density at radius 3 is 2.86 bits per heavy atom. The number of hydrogen-bond acceptors (Lipinski definition) is 4. The van der Waals surface area contributed by atoms with E-state index in [2.05, 4.69) is 15.5 Å². The highest BCUT2D eigenvalue weighted by Crippen LogP contribution is 2.13. The van der Waals surface area contributed by atoms with Crippen LogP contribution in [0.3, 0.4) is 0 Å². The summed E-state index contributed by atoms with van der Waals surface area (Å²) >= 11 is 0. The SMILES string of the molecule is CCc1cccc(OCC(=O)Nc2cc(C(=O)O)[nH]n2)c1. The number of hydrogen-bond donors (Lipinski definition) is 3. The second-order valence-electron chi connectivity index (χ2n) is 4.31. The van der Waals surface area contributed by atoms with Crippen molar-refractivity contribution in [3.05, 3.63) is 41.6 Å². The summed E-state index contributed by atoms with van der Waals surface area (Å²) in [7, 11) is 0. The van der Waals surface area contributed by atoms with E-state index in [0.717, 1.165) is 12.0 Å². The minimum atomic E-state index is -1.14. The number of ether oxygens (including phenoxy) is 1. The lowest BCUT2D eigenvalue weighted by molar-refractivity contribution is -0.118. The van der Waals surface area contributed by atoms with Crippen LogP contribution in [0.2, 0.25) is 0 Å². The molecule has 0 fully saturated rings. The van der Waals surface area contributed by atoms with E-state index in [1.807, 2.05) is 25.1 Å². The smallest absolute Gasteiger partial charge is 0.353 e. The predicted octanol–water partition coefficient (Wildman–Crippen LogP) is 1.69. The molecular weight excluding hydrogens is 274 g/mol. The second-order valence-corrected chi connectivity index (χ2v) is 4.31. The third-order valence-electron chi connectivity index (χ3n) is 2.75. The van der Waals surface area contributed by atoms with Gasteiger partial charge < -0.3 is 15.2 Å². The standard InChI is InChI=1S/C14H15N3O4/c1-2-9-4-3-5-10(6-9)21-8-13(18)15-12-7-11(14(19)20)16-17-12/h3-7H,2,8H2,1H3,(H,19,20)(H2,15,16,17,18). The van der Waals surface area contributed by atoms with Crippen LogP contribution in [0.1, 0.15) is 23.0 Å². The number of nitrogens with zero attached hydrogens (tertiary/aromatic N) is 1. The Labute approximate surface area is 120 Å². The first kappa shape index (κ1) is 14.6. The Bertz CT molecular complexity index is 651. The molecule has 110 valence electrons. The molecule has 0 aliphatic carbocycles. The summed E-state index contributed by atoms with van der Waals surface area (Å²) in [6.07, 6.45) is 0.884. The minimum absolute atomic E-state index is 0.0955. The Morgan fingerprint density at radius 1 is 1.38 bits per heavy atom. The monoisotopic (exact) mass is 289 g/mol. The lowest BCUT2D eigenvalue weighted by atomic mass is 10.2. The molecule has 2 rings (SSSR count). The molecule has 0 aliphatic rings. The number of carboxylic acids is 1. The van der Waals surface area contributed by atoms with Crippen molar-refractivity contribution in [2.24, 2.45) is 0 Å². The van der Waals surface area contributed by atoms with Gasteiger partial charge in [0.25, 0.3) is 5.91 Å². The van der Waals surface area contributed by atoms with Gasteiger partial charge in [-0.1, -0.05) is 19.1 Å². The molecule has 0 saturated carbocycles. The summed E-state index contributed by atoms with van der Waals surface area (Å²) in [6, 6.07) is 8.70. The lowest BCUT2D eigenvalue weighted by Crippen LogP contribution is -2.20. The quantitative estimate of drug-likeness (QED) is 0.750. The van der Waals surface area contributed by atoms with Crippen molar-refractivity contribution in [1.29, 1.82) is 0 Å². The van der Waals surface area contributed by atoms with Crippen molar-refractivity contribution in [1.82, 2.24) is 10.2 Å². The van der Waals surface area contributed by atoms with Crippen LogP contribution < -0.4 is 10.1 Å². The average Bonchev–Trinajstić information content (AvgIpc) is 2.94. The van der Waals surface area contributed by atoms with Gasteiger partial charge in [0.15, 0.2) is 12.4 Å². The molecule has 0 unspecified atom stereocenters.